The van der Waals surface area contributed by atoms with Crippen molar-refractivity contribution in [1.29, 1.82) is 0 Å². The molecule has 1 aliphatic heterocycles. The number of nitrogens with one attached hydrogen (secondary N) is 2. The van der Waals surface area contributed by atoms with Crippen LogP contribution in [0.4, 0.5) is 5.82 Å². The van der Waals surface area contributed by atoms with Gasteiger partial charge in [-0.25, -0.2) is 28.6 Å². The number of nitrogens with zero attached hydrogens (tertiary/aromatic N) is 4. The maximum absolute atomic E-state index is 12.7. The van der Waals surface area contributed by atoms with E-state index >= 15 is 0 Å². The van der Waals surface area contributed by atoms with Gasteiger partial charge in [-0.05, 0) is 38.5 Å². The molecule has 11 N–H and O–H groups in total. The zero-order chi connectivity index (χ0) is 53.4. The number of fused-ring (bicyclic) bond motifs is 1. The number of nitrogens with two attached hydrogens (primary N) is 1. The highest BCUT2D eigenvalue weighted by molar-refractivity contribution is 8.13. The lowest BCUT2D eigenvalue weighted by molar-refractivity contribution is -0.137. The number of aromatic nitrogens is 4. The smallest absolute Gasteiger partial charge is 0.389 e. The Morgan fingerprint density at radius 1 is 0.889 bits per heavy atom. The molecule has 0 bridgehead atoms. The van der Waals surface area contributed by atoms with E-state index in [1.54, 1.807) is 6.08 Å². The maximum Gasteiger partial charge on any atom is 0.481 e. The molecule has 2 amide bonds. The Morgan fingerprint density at radius 3 is 2.24 bits per heavy atom. The van der Waals surface area contributed by atoms with Crippen LogP contribution >= 0.6 is 35.2 Å². The number of anilines is 1. The Labute approximate surface area is 421 Å². The fourth-order valence-electron chi connectivity index (χ4n) is 6.23. The predicted molar refractivity (Wildman–Crippen MR) is 266 cm³/mol. The number of rotatable bonds is 33. The predicted octanol–water partition coefficient (Wildman–Crippen LogP) is 4.11. The molecule has 1 saturated heterocycles. The lowest BCUT2D eigenvalue weighted by atomic mass is 9.87. The van der Waals surface area contributed by atoms with Crippen molar-refractivity contribution in [2.24, 2.45) is 5.41 Å². The van der Waals surface area contributed by atoms with Crippen LogP contribution in [-0.2, 0) is 50.7 Å². The molecule has 0 saturated carbocycles. The molecule has 29 heteroatoms. The summed E-state index contributed by atoms with van der Waals surface area (Å²) in [4.78, 5) is 88.4. The average molecular weight is 1090 g/mol. The van der Waals surface area contributed by atoms with Crippen molar-refractivity contribution in [3.63, 3.8) is 0 Å². The second-order valence-corrected chi connectivity index (χ2v) is 21.8. The van der Waals surface area contributed by atoms with Crippen LogP contribution < -0.4 is 16.4 Å². The summed E-state index contributed by atoms with van der Waals surface area (Å²) in [6.07, 6.45) is 21.1. The monoisotopic (exact) mass is 1090 g/mol. The van der Waals surface area contributed by atoms with Gasteiger partial charge in [0.2, 0.25) is 11.8 Å². The minimum Gasteiger partial charge on any atom is -0.389 e. The molecule has 8 unspecified atom stereocenters. The van der Waals surface area contributed by atoms with Gasteiger partial charge in [-0.1, -0.05) is 105 Å². The number of imidazole rings is 1. The highest BCUT2D eigenvalue weighted by atomic mass is 32.2. The summed E-state index contributed by atoms with van der Waals surface area (Å²) >= 11 is 1.08. The molecule has 2 aromatic heterocycles. The zero-order valence-corrected chi connectivity index (χ0v) is 43.5. The number of hydrogen-bond acceptors (Lipinski definition) is 19. The molecule has 0 aromatic carbocycles. The van der Waals surface area contributed by atoms with E-state index in [9.17, 15) is 63.0 Å². The quantitative estimate of drug-likeness (QED) is 0.0208. The molecule has 1 aliphatic rings. The Kier molecular flexibility index (Phi) is 26.8. The third-order valence-corrected chi connectivity index (χ3v) is 14.0. The molecule has 1 fully saturated rings. The lowest BCUT2D eigenvalue weighted by Crippen LogP contribution is -2.46. The largest absolute Gasteiger partial charge is 0.481 e. The van der Waals surface area contributed by atoms with E-state index in [0.717, 1.165) is 54.7 Å². The van der Waals surface area contributed by atoms with Gasteiger partial charge in [0.1, 0.15) is 36.3 Å². The highest BCUT2D eigenvalue weighted by Crippen LogP contribution is 2.61. The van der Waals surface area contributed by atoms with Gasteiger partial charge in [0.15, 0.2) is 22.8 Å². The third kappa shape index (κ3) is 23.4. The summed E-state index contributed by atoms with van der Waals surface area (Å²) in [7, 11) is -16.4. The van der Waals surface area contributed by atoms with Gasteiger partial charge >= 0.3 is 23.5 Å². The van der Waals surface area contributed by atoms with Crippen molar-refractivity contribution in [2.45, 2.75) is 109 Å². The van der Waals surface area contributed by atoms with E-state index in [1.165, 1.54) is 13.8 Å². The molecule has 8 atom stereocenters. The standard InChI is InChI=1S/C43H66N7O18P3S/c1-4-5-17-20-31(51)21-18-15-13-11-9-7-6-8-10-12-14-16-19-22-34(53)72-26-25-45-33(52)23-24-46-41(56)38(55)43(2,3)28-65-71(62,63)68-70(60,61)64-27-32-37(67-69(57,58)59)36(54)42(66-32)50-30-49-35-39(44)47-29-48-40(35)50/h5,7-10,13-18,21,29-32,36-38,42,51,54-55H,4,6,11-12,19-20,22-28H2,1-3H3,(H,45,52)(H,46,56)(H,60,61)(H,62,63)(H2,44,47,48)(H2,57,58,59)/b9-7+,10-8+,15-13+,16-14+,17-5+,21-18+. The minimum atomic E-state index is -5.59. The topological polar surface area (TPSA) is 384 Å². The van der Waals surface area contributed by atoms with Crippen LogP contribution in [-0.4, -0.2) is 134 Å². The highest BCUT2D eigenvalue weighted by Gasteiger charge is 2.50. The summed E-state index contributed by atoms with van der Waals surface area (Å²) in [6.45, 7) is 2.50. The Morgan fingerprint density at radius 2 is 1.56 bits per heavy atom. The number of phosphoric acid groups is 3. The van der Waals surface area contributed by atoms with Crippen LogP contribution in [0.2, 0.25) is 0 Å². The molecule has 25 nitrogen and oxygen atoms in total. The number of thioether (sulfide) groups is 1. The lowest BCUT2D eigenvalue weighted by Gasteiger charge is -2.30. The molecule has 3 heterocycles. The fraction of sp³-hybridized carbons (Fsp3) is 0.535. The first-order valence-corrected chi connectivity index (χ1v) is 28.1. The first kappa shape index (κ1) is 62.3. The van der Waals surface area contributed by atoms with E-state index in [-0.39, 0.29) is 41.6 Å². The number of phosphoric ester groups is 3. The molecular weight excluding hydrogens is 1030 g/mol. The summed E-state index contributed by atoms with van der Waals surface area (Å²) < 4.78 is 62.4. The van der Waals surface area contributed by atoms with Crippen molar-refractivity contribution < 1.29 is 85.6 Å². The van der Waals surface area contributed by atoms with E-state index in [2.05, 4.69) is 52.6 Å². The second kappa shape index (κ2) is 31.0. The number of aliphatic hydroxyl groups is 3. The van der Waals surface area contributed by atoms with Crippen molar-refractivity contribution in [3.8, 4) is 0 Å². The summed E-state index contributed by atoms with van der Waals surface area (Å²) in [5.74, 6) is -1.14. The zero-order valence-electron chi connectivity index (χ0n) is 40.0. The first-order chi connectivity index (χ1) is 33.9. The van der Waals surface area contributed by atoms with E-state index in [0.29, 0.717) is 25.0 Å². The maximum atomic E-state index is 12.7. The van der Waals surface area contributed by atoms with Crippen LogP contribution in [0.1, 0.15) is 78.4 Å². The van der Waals surface area contributed by atoms with E-state index < -0.39 is 90.7 Å². The molecule has 0 radical (unpaired) electrons. The fourth-order valence-corrected chi connectivity index (χ4v) is 9.76. The van der Waals surface area contributed by atoms with Crippen LogP contribution in [0.15, 0.2) is 85.6 Å². The number of allylic oxidation sites excluding steroid dienone is 10. The summed E-state index contributed by atoms with van der Waals surface area (Å²) in [5.41, 5.74) is 4.26. The molecule has 0 aliphatic carbocycles. The van der Waals surface area contributed by atoms with Gasteiger partial charge in [0.05, 0.1) is 25.6 Å². The number of nitrogen functional groups attached to an aromatic ring is 1. The van der Waals surface area contributed by atoms with Gasteiger partial charge in [0.25, 0.3) is 0 Å². The average Bonchev–Trinajstić information content (AvgIpc) is 3.87. The van der Waals surface area contributed by atoms with Gasteiger partial charge in [-0.15, -0.1) is 0 Å². The number of hydrogen-bond donors (Lipinski definition) is 10. The Bertz CT molecular complexity index is 2390. The van der Waals surface area contributed by atoms with E-state index in [1.807, 2.05) is 55.5 Å². The number of amides is 2. The number of ether oxygens (including phenoxy) is 1. The normalized spacial score (nSPS) is 20.6. The summed E-state index contributed by atoms with van der Waals surface area (Å²) in [6, 6.07) is 0. The number of carbonyl (C=O) groups excluding carboxylic acids is 3. The van der Waals surface area contributed by atoms with Crippen LogP contribution in [0.5, 0.6) is 0 Å². The molecule has 3 rings (SSSR count). The minimum absolute atomic E-state index is 0.0267. The third-order valence-electron chi connectivity index (χ3n) is 9.96. The summed E-state index contributed by atoms with van der Waals surface area (Å²) in [5, 5.41) is 36.4. The van der Waals surface area contributed by atoms with Gasteiger partial charge in [-0.2, -0.15) is 4.31 Å². The molecule has 402 valence electrons. The first-order valence-electron chi connectivity index (χ1n) is 22.6. The van der Waals surface area contributed by atoms with Crippen molar-refractivity contribution in [3.05, 3.63) is 85.6 Å². The molecule has 0 spiro atoms. The van der Waals surface area contributed by atoms with Gasteiger partial charge in [-0.3, -0.25) is 32.5 Å². The SMILES string of the molecule is CC/C=C/CC(O)/C=C/C=C/C/C=C/C/C=C/C/C=C/CCC(=O)SCCNC(=O)CCNC(=O)C(O)C(C)(C)COP(=O)(O)OP(=O)(O)OCC1OC(n2cnc3c(N)ncnc32)C(O)C1OP(=O)(O)O. The molecular formula is C43H66N7O18P3S. The van der Waals surface area contributed by atoms with Crippen LogP contribution in [0, 0.1) is 5.41 Å². The number of carbonyl (C=O) groups is 3. The van der Waals surface area contributed by atoms with Gasteiger partial charge < -0.3 is 56.0 Å². The van der Waals surface area contributed by atoms with Crippen molar-refractivity contribution in [1.82, 2.24) is 30.2 Å². The molecule has 2 aromatic rings. The van der Waals surface area contributed by atoms with Crippen molar-refractivity contribution >= 4 is 69.1 Å². The van der Waals surface area contributed by atoms with Crippen LogP contribution in [0.3, 0.4) is 0 Å². The van der Waals surface area contributed by atoms with Crippen molar-refractivity contribution in [2.75, 3.05) is 37.8 Å². The Hall–Kier alpha value is -4.04. The number of aliphatic hydroxyl groups excluding tert-OH is 3. The van der Waals surface area contributed by atoms with Gasteiger partial charge in [0, 0.05) is 37.1 Å². The van der Waals surface area contributed by atoms with Crippen LogP contribution in [0.25, 0.3) is 11.2 Å². The van der Waals surface area contributed by atoms with E-state index in [4.69, 9.17) is 19.5 Å². The molecule has 72 heavy (non-hydrogen) atoms. The Balaban J connectivity index is 1.29. The second-order valence-electron chi connectivity index (χ2n) is 16.4.